The van der Waals surface area contributed by atoms with Gasteiger partial charge in [0.15, 0.2) is 0 Å². The van der Waals surface area contributed by atoms with Crippen LogP contribution in [0.5, 0.6) is 0 Å². The van der Waals surface area contributed by atoms with E-state index in [1.165, 1.54) is 12.1 Å². The fourth-order valence-corrected chi connectivity index (χ4v) is 6.12. The van der Waals surface area contributed by atoms with Crippen molar-refractivity contribution in [2.75, 3.05) is 6.54 Å². The predicted molar refractivity (Wildman–Crippen MR) is 142 cm³/mol. The molecular weight excluding hydrogens is 495 g/mol. The van der Waals surface area contributed by atoms with Crippen molar-refractivity contribution in [1.29, 1.82) is 0 Å². The zero-order chi connectivity index (χ0) is 26.4. The summed E-state index contributed by atoms with van der Waals surface area (Å²) in [5, 5.41) is 0.567. The standard InChI is InChI=1S/C29H26F3N3OS/c1-28(2)16-23-24(18-12-14-19(15-13-18)29(30,31)32)21-10-6-7-11-22(21)26(36)37-25(23)35(17-28)27(33)34-20-8-4-3-5-9-20/h3-15,24H,16-17H2,1-2H3,(H2,33,34). The second kappa shape index (κ2) is 9.41. The number of halogens is 3. The van der Waals surface area contributed by atoms with Gasteiger partial charge >= 0.3 is 6.18 Å². The summed E-state index contributed by atoms with van der Waals surface area (Å²) in [5.74, 6) is -0.136. The molecule has 1 unspecified atom stereocenters. The van der Waals surface area contributed by atoms with Crippen molar-refractivity contribution in [3.05, 3.63) is 112 Å². The number of allylic oxidation sites excluding steroid dienone is 1. The molecule has 8 heteroatoms. The quantitative estimate of drug-likeness (QED) is 0.284. The Hall–Kier alpha value is -3.52. The maximum absolute atomic E-state index is 13.5. The number of nitrogens with two attached hydrogens (primary N) is 1. The smallest absolute Gasteiger partial charge is 0.369 e. The number of fused-ring (bicyclic) bond motifs is 1. The van der Waals surface area contributed by atoms with Crippen LogP contribution in [0.2, 0.25) is 0 Å². The fourth-order valence-electron chi connectivity index (χ4n) is 5.06. The molecule has 2 N–H and O–H groups in total. The monoisotopic (exact) mass is 521 g/mol. The first kappa shape index (κ1) is 25.1. The largest absolute Gasteiger partial charge is 0.416 e. The van der Waals surface area contributed by atoms with Crippen LogP contribution < -0.4 is 5.73 Å². The molecule has 4 nitrogen and oxygen atoms in total. The summed E-state index contributed by atoms with van der Waals surface area (Å²) in [5.41, 5.74) is 9.27. The van der Waals surface area contributed by atoms with Crippen LogP contribution in [0.1, 0.15) is 53.2 Å². The van der Waals surface area contributed by atoms with E-state index in [0.717, 1.165) is 35.0 Å². The highest BCUT2D eigenvalue weighted by Crippen LogP contribution is 2.51. The van der Waals surface area contributed by atoms with E-state index in [-0.39, 0.29) is 16.5 Å². The molecular formula is C29H26F3N3OS. The molecule has 0 saturated heterocycles. The van der Waals surface area contributed by atoms with Crippen molar-refractivity contribution in [2.45, 2.75) is 32.4 Å². The number of carbonyl (C=O) groups excluding carboxylic acids is 1. The molecule has 0 aromatic heterocycles. The Labute approximate surface area is 218 Å². The van der Waals surface area contributed by atoms with Gasteiger partial charge < -0.3 is 10.6 Å². The van der Waals surface area contributed by atoms with E-state index >= 15 is 0 Å². The SMILES string of the molecule is CC1(C)CC2=C(SC(=O)c3ccccc3C2c2ccc(C(F)(F)F)cc2)N(C(N)=Nc2ccccc2)C1. The highest BCUT2D eigenvalue weighted by molar-refractivity contribution is 8.17. The van der Waals surface area contributed by atoms with Crippen molar-refractivity contribution in [1.82, 2.24) is 4.90 Å². The van der Waals surface area contributed by atoms with E-state index in [2.05, 4.69) is 18.8 Å². The van der Waals surface area contributed by atoms with Crippen LogP contribution in [0, 0.1) is 5.41 Å². The highest BCUT2D eigenvalue weighted by Gasteiger charge is 2.42. The highest BCUT2D eigenvalue weighted by atomic mass is 32.2. The van der Waals surface area contributed by atoms with E-state index < -0.39 is 17.7 Å². The van der Waals surface area contributed by atoms with Crippen molar-refractivity contribution in [3.8, 4) is 0 Å². The number of para-hydroxylation sites is 1. The number of aliphatic imine (C=N–C) groups is 1. The molecule has 5 rings (SSSR count). The fraction of sp³-hybridized carbons (Fsp3) is 0.241. The van der Waals surface area contributed by atoms with Gasteiger partial charge in [-0.25, -0.2) is 4.99 Å². The van der Waals surface area contributed by atoms with Crippen molar-refractivity contribution >= 4 is 28.5 Å². The zero-order valence-electron chi connectivity index (χ0n) is 20.4. The van der Waals surface area contributed by atoms with Crippen LogP contribution in [0.25, 0.3) is 0 Å². The van der Waals surface area contributed by atoms with Gasteiger partial charge in [-0.15, -0.1) is 0 Å². The lowest BCUT2D eigenvalue weighted by molar-refractivity contribution is -0.137. The van der Waals surface area contributed by atoms with Gasteiger partial charge in [-0.05, 0) is 64.6 Å². The van der Waals surface area contributed by atoms with Crippen LogP contribution in [-0.4, -0.2) is 22.5 Å². The van der Waals surface area contributed by atoms with E-state index in [1.54, 1.807) is 12.1 Å². The Morgan fingerprint density at radius 2 is 1.65 bits per heavy atom. The first-order valence-electron chi connectivity index (χ1n) is 11.9. The topological polar surface area (TPSA) is 58.7 Å². The third-order valence-corrected chi connectivity index (χ3v) is 7.73. The second-order valence-electron chi connectivity index (χ2n) is 10.1. The first-order chi connectivity index (χ1) is 17.5. The van der Waals surface area contributed by atoms with Crippen molar-refractivity contribution in [2.24, 2.45) is 16.1 Å². The number of hydrogen-bond donors (Lipinski definition) is 1. The molecule has 3 aromatic rings. The molecule has 190 valence electrons. The first-order valence-corrected chi connectivity index (χ1v) is 12.7. The van der Waals surface area contributed by atoms with E-state index in [4.69, 9.17) is 5.73 Å². The molecule has 0 radical (unpaired) electrons. The zero-order valence-corrected chi connectivity index (χ0v) is 21.2. The van der Waals surface area contributed by atoms with Crippen LogP contribution in [0.4, 0.5) is 18.9 Å². The van der Waals surface area contributed by atoms with Crippen molar-refractivity contribution in [3.63, 3.8) is 0 Å². The molecule has 0 aliphatic carbocycles. The van der Waals surface area contributed by atoms with Gasteiger partial charge in [0.25, 0.3) is 0 Å². The van der Waals surface area contributed by atoms with Gasteiger partial charge in [-0.3, -0.25) is 4.79 Å². The number of alkyl halides is 3. The maximum Gasteiger partial charge on any atom is 0.416 e. The van der Waals surface area contributed by atoms with Crippen LogP contribution in [0.3, 0.4) is 0 Å². The number of hydrogen-bond acceptors (Lipinski definition) is 3. The lowest BCUT2D eigenvalue weighted by Crippen LogP contribution is -2.45. The number of carbonyl (C=O) groups is 1. The Bertz CT molecular complexity index is 1400. The van der Waals surface area contributed by atoms with E-state index in [1.807, 2.05) is 47.4 Å². The molecule has 2 aliphatic heterocycles. The second-order valence-corrected chi connectivity index (χ2v) is 11.1. The Balaban J connectivity index is 1.70. The minimum atomic E-state index is -4.43. The molecule has 0 fully saturated rings. The molecule has 1 atom stereocenters. The molecule has 0 amide bonds. The lowest BCUT2D eigenvalue weighted by atomic mass is 9.74. The van der Waals surface area contributed by atoms with Crippen LogP contribution >= 0.6 is 11.8 Å². The molecule has 0 saturated carbocycles. The normalized spacial score (nSPS) is 19.8. The van der Waals surface area contributed by atoms with Gasteiger partial charge in [-0.1, -0.05) is 68.4 Å². The predicted octanol–water partition coefficient (Wildman–Crippen LogP) is 7.31. The number of nitrogens with zero attached hydrogens (tertiary/aromatic N) is 2. The molecule has 2 aliphatic rings. The molecule has 37 heavy (non-hydrogen) atoms. The van der Waals surface area contributed by atoms with Gasteiger partial charge in [0.2, 0.25) is 11.1 Å². The number of rotatable bonds is 2. The summed E-state index contributed by atoms with van der Waals surface area (Å²) in [7, 11) is 0. The molecule has 3 aromatic carbocycles. The Kier molecular flexibility index (Phi) is 6.40. The molecule has 2 heterocycles. The average Bonchev–Trinajstić information content (AvgIpc) is 2.97. The Morgan fingerprint density at radius 1 is 1.00 bits per heavy atom. The third-order valence-electron chi connectivity index (χ3n) is 6.65. The van der Waals surface area contributed by atoms with Gasteiger partial charge in [0.1, 0.15) is 0 Å². The summed E-state index contributed by atoms with van der Waals surface area (Å²) in [6.45, 7) is 4.78. The van der Waals surface area contributed by atoms with Crippen LogP contribution in [-0.2, 0) is 6.18 Å². The number of guanidine groups is 1. The molecule has 0 bridgehead atoms. The van der Waals surface area contributed by atoms with Gasteiger partial charge in [-0.2, -0.15) is 13.2 Å². The Morgan fingerprint density at radius 3 is 2.32 bits per heavy atom. The number of thioether (sulfide) groups is 1. The van der Waals surface area contributed by atoms with Gasteiger partial charge in [0.05, 0.1) is 16.3 Å². The van der Waals surface area contributed by atoms with Crippen LogP contribution in [0.15, 0.2) is 94.5 Å². The summed E-state index contributed by atoms with van der Waals surface area (Å²) < 4.78 is 39.9. The minimum absolute atomic E-state index is 0.130. The summed E-state index contributed by atoms with van der Waals surface area (Å²) in [6, 6.07) is 21.9. The lowest BCUT2D eigenvalue weighted by Gasteiger charge is -2.42. The third kappa shape index (κ3) is 5.03. The van der Waals surface area contributed by atoms with Gasteiger partial charge in [0, 0.05) is 18.0 Å². The maximum atomic E-state index is 13.5. The molecule has 0 spiro atoms. The summed E-state index contributed by atoms with van der Waals surface area (Å²) in [4.78, 5) is 20.0. The summed E-state index contributed by atoms with van der Waals surface area (Å²) in [6.07, 6.45) is -3.78. The van der Waals surface area contributed by atoms with E-state index in [9.17, 15) is 18.0 Å². The minimum Gasteiger partial charge on any atom is -0.369 e. The average molecular weight is 522 g/mol. The summed E-state index contributed by atoms with van der Waals surface area (Å²) >= 11 is 1.11. The van der Waals surface area contributed by atoms with E-state index in [0.29, 0.717) is 34.8 Å². The number of benzene rings is 3. The van der Waals surface area contributed by atoms with Crippen molar-refractivity contribution < 1.29 is 18.0 Å².